The zero-order chi connectivity index (χ0) is 15.2. The molecule has 0 saturated heterocycles. The van der Waals surface area contributed by atoms with Crippen molar-refractivity contribution in [3.8, 4) is 0 Å². The Morgan fingerprint density at radius 1 is 1.33 bits per heavy atom. The zero-order valence-corrected chi connectivity index (χ0v) is 12.0. The molecular formula is C16H22FNO3. The van der Waals surface area contributed by atoms with Crippen molar-refractivity contribution < 1.29 is 19.4 Å². The van der Waals surface area contributed by atoms with E-state index in [0.717, 1.165) is 19.3 Å². The topological polar surface area (TPSA) is 60.8 Å². The van der Waals surface area contributed by atoms with Gasteiger partial charge in [-0.15, -0.1) is 0 Å². The summed E-state index contributed by atoms with van der Waals surface area (Å²) >= 11 is 0. The van der Waals surface area contributed by atoms with E-state index in [0.29, 0.717) is 12.0 Å². The second kappa shape index (κ2) is 7.52. The van der Waals surface area contributed by atoms with E-state index >= 15 is 0 Å². The Morgan fingerprint density at radius 3 is 2.76 bits per heavy atom. The van der Waals surface area contributed by atoms with Crippen LogP contribution >= 0.6 is 0 Å². The normalized spacial score (nSPS) is 22.0. The van der Waals surface area contributed by atoms with Crippen LogP contribution in [0.15, 0.2) is 24.3 Å². The van der Waals surface area contributed by atoms with Gasteiger partial charge >= 0.3 is 0 Å². The first kappa shape index (κ1) is 15.9. The van der Waals surface area contributed by atoms with Gasteiger partial charge in [-0.05, 0) is 25.3 Å². The number of hydrogen-bond acceptors (Lipinski definition) is 3. The number of benzene rings is 1. The monoisotopic (exact) mass is 295 g/mol. The number of carbonyl (C=O) groups is 1. The van der Waals surface area contributed by atoms with Crippen LogP contribution in [0.3, 0.4) is 0 Å². The van der Waals surface area contributed by atoms with E-state index in [1.165, 1.54) is 11.0 Å². The summed E-state index contributed by atoms with van der Waals surface area (Å²) in [5, 5.41) is 18.8. The molecule has 0 aliphatic heterocycles. The summed E-state index contributed by atoms with van der Waals surface area (Å²) in [6.45, 7) is 0.174. The van der Waals surface area contributed by atoms with Gasteiger partial charge in [0.2, 0.25) is 5.91 Å². The standard InChI is InChI=1S/C16H22FNO3/c17-15-7-2-1-4-13(15)11-18(8-9-19)16(21)12-5-3-6-14(20)10-12/h1-2,4,7,12,14,19-20H,3,5-6,8-11H2/t12-,14-/m1/s1. The van der Waals surface area contributed by atoms with Gasteiger partial charge in [0.15, 0.2) is 0 Å². The fraction of sp³-hybridized carbons (Fsp3) is 0.562. The molecule has 4 nitrogen and oxygen atoms in total. The molecule has 116 valence electrons. The van der Waals surface area contributed by atoms with Gasteiger partial charge in [0.1, 0.15) is 5.82 Å². The minimum atomic E-state index is -0.433. The average Bonchev–Trinajstić information content (AvgIpc) is 2.48. The van der Waals surface area contributed by atoms with Crippen LogP contribution in [0, 0.1) is 11.7 Å². The van der Waals surface area contributed by atoms with E-state index in [9.17, 15) is 14.3 Å². The van der Waals surface area contributed by atoms with Gasteiger partial charge in [0.05, 0.1) is 12.7 Å². The number of rotatable bonds is 5. The zero-order valence-electron chi connectivity index (χ0n) is 12.0. The molecule has 0 radical (unpaired) electrons. The van der Waals surface area contributed by atoms with E-state index in [1.807, 2.05) is 0 Å². The number of hydrogen-bond donors (Lipinski definition) is 2. The highest BCUT2D eigenvalue weighted by atomic mass is 19.1. The van der Waals surface area contributed by atoms with Crippen molar-refractivity contribution in [2.24, 2.45) is 5.92 Å². The Morgan fingerprint density at radius 2 is 2.10 bits per heavy atom. The molecule has 0 aromatic heterocycles. The van der Waals surface area contributed by atoms with Crippen molar-refractivity contribution in [2.75, 3.05) is 13.2 Å². The van der Waals surface area contributed by atoms with Crippen molar-refractivity contribution in [3.05, 3.63) is 35.6 Å². The van der Waals surface area contributed by atoms with Gasteiger partial charge in [0.25, 0.3) is 0 Å². The number of halogens is 1. The lowest BCUT2D eigenvalue weighted by molar-refractivity contribution is -0.139. The summed E-state index contributed by atoms with van der Waals surface area (Å²) in [6.07, 6.45) is 2.33. The number of nitrogens with zero attached hydrogens (tertiary/aromatic N) is 1. The fourth-order valence-corrected chi connectivity index (χ4v) is 2.87. The molecule has 1 aliphatic carbocycles. The molecular weight excluding hydrogens is 273 g/mol. The smallest absolute Gasteiger partial charge is 0.226 e. The molecule has 0 heterocycles. The maximum Gasteiger partial charge on any atom is 0.226 e. The molecule has 0 unspecified atom stereocenters. The number of aliphatic hydroxyl groups excluding tert-OH is 2. The molecule has 2 atom stereocenters. The largest absolute Gasteiger partial charge is 0.395 e. The van der Waals surface area contributed by atoms with E-state index < -0.39 is 6.10 Å². The highest BCUT2D eigenvalue weighted by Gasteiger charge is 2.29. The van der Waals surface area contributed by atoms with Crippen LogP contribution in [0.5, 0.6) is 0 Å². The van der Waals surface area contributed by atoms with Crippen LogP contribution in [-0.2, 0) is 11.3 Å². The minimum absolute atomic E-state index is 0.106. The Kier molecular flexibility index (Phi) is 5.70. The summed E-state index contributed by atoms with van der Waals surface area (Å²) in [6, 6.07) is 6.34. The van der Waals surface area contributed by atoms with Crippen LogP contribution in [0.2, 0.25) is 0 Å². The molecule has 2 rings (SSSR count). The van der Waals surface area contributed by atoms with Crippen molar-refractivity contribution in [3.63, 3.8) is 0 Å². The van der Waals surface area contributed by atoms with Gasteiger partial charge in [-0.1, -0.05) is 24.6 Å². The molecule has 0 bridgehead atoms. The lowest BCUT2D eigenvalue weighted by Gasteiger charge is -2.31. The highest BCUT2D eigenvalue weighted by Crippen LogP contribution is 2.26. The molecule has 1 aromatic rings. The first-order valence-electron chi connectivity index (χ1n) is 7.43. The molecule has 1 amide bonds. The molecule has 1 aliphatic rings. The lowest BCUT2D eigenvalue weighted by Crippen LogP contribution is -2.40. The van der Waals surface area contributed by atoms with Crippen molar-refractivity contribution >= 4 is 5.91 Å². The van der Waals surface area contributed by atoms with Crippen LogP contribution in [0.4, 0.5) is 4.39 Å². The summed E-state index contributed by atoms with van der Waals surface area (Å²) in [5.74, 6) is -0.685. The second-order valence-electron chi connectivity index (χ2n) is 5.59. The van der Waals surface area contributed by atoms with E-state index in [2.05, 4.69) is 0 Å². The van der Waals surface area contributed by atoms with Crippen LogP contribution in [0.25, 0.3) is 0 Å². The summed E-state index contributed by atoms with van der Waals surface area (Å²) < 4.78 is 13.7. The second-order valence-corrected chi connectivity index (χ2v) is 5.59. The van der Waals surface area contributed by atoms with Crippen LogP contribution in [0.1, 0.15) is 31.2 Å². The number of amides is 1. The average molecular weight is 295 g/mol. The first-order chi connectivity index (χ1) is 10.1. The third-order valence-electron chi connectivity index (χ3n) is 4.00. The Labute approximate surface area is 124 Å². The summed E-state index contributed by atoms with van der Waals surface area (Å²) in [7, 11) is 0. The first-order valence-corrected chi connectivity index (χ1v) is 7.43. The van der Waals surface area contributed by atoms with Crippen molar-refractivity contribution in [1.82, 2.24) is 4.90 Å². The van der Waals surface area contributed by atoms with Gasteiger partial charge in [-0.25, -0.2) is 4.39 Å². The van der Waals surface area contributed by atoms with Crippen LogP contribution in [-0.4, -0.2) is 40.3 Å². The number of aliphatic hydroxyl groups is 2. The third-order valence-corrected chi connectivity index (χ3v) is 4.00. The van der Waals surface area contributed by atoms with E-state index in [4.69, 9.17) is 5.11 Å². The van der Waals surface area contributed by atoms with Gasteiger partial charge in [0, 0.05) is 24.6 Å². The molecule has 1 aromatic carbocycles. The SMILES string of the molecule is O=C([C@@H]1CCC[C@@H](O)C1)N(CCO)Cc1ccccc1F. The molecule has 0 spiro atoms. The van der Waals surface area contributed by atoms with Crippen molar-refractivity contribution in [2.45, 2.75) is 38.3 Å². The van der Waals surface area contributed by atoms with Gasteiger partial charge in [-0.3, -0.25) is 4.79 Å². The Balaban J connectivity index is 2.07. The number of carbonyl (C=O) groups excluding carboxylic acids is 1. The van der Waals surface area contributed by atoms with Crippen molar-refractivity contribution in [1.29, 1.82) is 0 Å². The summed E-state index contributed by atoms with van der Waals surface area (Å²) in [4.78, 5) is 14.0. The van der Waals surface area contributed by atoms with Gasteiger partial charge < -0.3 is 15.1 Å². The van der Waals surface area contributed by atoms with Gasteiger partial charge in [-0.2, -0.15) is 0 Å². The Bertz CT molecular complexity index is 480. The predicted molar refractivity (Wildman–Crippen MR) is 76.9 cm³/mol. The van der Waals surface area contributed by atoms with Crippen LogP contribution < -0.4 is 0 Å². The maximum atomic E-state index is 13.7. The molecule has 21 heavy (non-hydrogen) atoms. The summed E-state index contributed by atoms with van der Waals surface area (Å²) in [5.41, 5.74) is 0.440. The molecule has 1 saturated carbocycles. The highest BCUT2D eigenvalue weighted by molar-refractivity contribution is 5.79. The quantitative estimate of drug-likeness (QED) is 0.869. The maximum absolute atomic E-state index is 13.7. The molecule has 5 heteroatoms. The Hall–Kier alpha value is -1.46. The fourth-order valence-electron chi connectivity index (χ4n) is 2.87. The lowest BCUT2D eigenvalue weighted by atomic mass is 9.86. The molecule has 1 fully saturated rings. The predicted octanol–water partition coefficient (Wildman–Crippen LogP) is 1.70. The minimum Gasteiger partial charge on any atom is -0.395 e. The third kappa shape index (κ3) is 4.25. The molecule has 2 N–H and O–H groups in total. The van der Waals surface area contributed by atoms with E-state index in [1.54, 1.807) is 18.2 Å². The van der Waals surface area contributed by atoms with E-state index in [-0.39, 0.29) is 37.3 Å².